The third-order valence-corrected chi connectivity index (χ3v) is 4.33. The van der Waals surface area contributed by atoms with Crippen LogP contribution < -0.4 is 15.9 Å². The van der Waals surface area contributed by atoms with Crippen LogP contribution in [0.5, 0.6) is 5.75 Å². The molecule has 0 saturated carbocycles. The number of hydrogen-bond donors (Lipinski definition) is 2. The molecule has 2 aromatic heterocycles. The van der Waals surface area contributed by atoms with Crippen LogP contribution in [0.15, 0.2) is 47.7 Å². The predicted molar refractivity (Wildman–Crippen MR) is 92.1 cm³/mol. The Morgan fingerprint density at radius 1 is 1.35 bits per heavy atom. The van der Waals surface area contributed by atoms with Crippen LogP contribution >= 0.6 is 11.3 Å². The maximum Gasteiger partial charge on any atom is 0.283 e. The summed E-state index contributed by atoms with van der Waals surface area (Å²) in [6.45, 7) is 0. The molecule has 0 spiro atoms. The summed E-state index contributed by atoms with van der Waals surface area (Å²) in [5.41, 5.74) is 9.75. The van der Waals surface area contributed by atoms with Crippen LogP contribution in [0, 0.1) is 0 Å². The lowest BCUT2D eigenvalue weighted by Crippen LogP contribution is -2.17. The first-order chi connectivity index (χ1) is 11.2. The minimum absolute atomic E-state index is 0.352. The molecule has 0 aliphatic carbocycles. The Hall–Kier alpha value is -2.93. The van der Waals surface area contributed by atoms with Gasteiger partial charge in [0.25, 0.3) is 5.91 Å². The summed E-state index contributed by atoms with van der Waals surface area (Å²) in [6.07, 6.45) is 3.22. The monoisotopic (exact) mass is 326 g/mol. The van der Waals surface area contributed by atoms with Crippen LogP contribution in [-0.4, -0.2) is 24.2 Å². The number of rotatable bonds is 4. The summed E-state index contributed by atoms with van der Waals surface area (Å²) in [5, 5.41) is 4.73. The third kappa shape index (κ3) is 3.14. The number of anilines is 1. The van der Waals surface area contributed by atoms with E-state index >= 15 is 0 Å². The van der Waals surface area contributed by atoms with Crippen molar-refractivity contribution in [2.24, 2.45) is 5.10 Å². The highest BCUT2D eigenvalue weighted by molar-refractivity contribution is 7.21. The Labute approximate surface area is 136 Å². The summed E-state index contributed by atoms with van der Waals surface area (Å²) in [6, 6.07) is 10.9. The number of thiophene rings is 1. The van der Waals surface area contributed by atoms with Gasteiger partial charge in [-0.05, 0) is 42.0 Å². The second-order valence-corrected chi connectivity index (χ2v) is 5.67. The molecule has 6 nitrogen and oxygen atoms in total. The van der Waals surface area contributed by atoms with Gasteiger partial charge >= 0.3 is 0 Å². The van der Waals surface area contributed by atoms with Crippen molar-refractivity contribution < 1.29 is 9.53 Å². The van der Waals surface area contributed by atoms with Gasteiger partial charge in [-0.25, -0.2) is 10.4 Å². The highest BCUT2D eigenvalue weighted by Crippen LogP contribution is 2.31. The molecular formula is C16H14N4O2S. The largest absolute Gasteiger partial charge is 0.497 e. The molecule has 3 rings (SSSR count). The van der Waals surface area contributed by atoms with Gasteiger partial charge in [0.15, 0.2) is 0 Å². The summed E-state index contributed by atoms with van der Waals surface area (Å²) in [5.74, 6) is 0.409. The van der Waals surface area contributed by atoms with E-state index in [1.807, 2.05) is 30.3 Å². The number of amides is 1. The number of nitrogens with zero attached hydrogens (tertiary/aromatic N) is 2. The topological polar surface area (TPSA) is 89.6 Å². The molecule has 7 heteroatoms. The molecule has 1 aromatic carbocycles. The van der Waals surface area contributed by atoms with Crippen LogP contribution in [0.25, 0.3) is 10.2 Å². The highest BCUT2D eigenvalue weighted by Gasteiger charge is 2.16. The number of benzene rings is 1. The van der Waals surface area contributed by atoms with Crippen molar-refractivity contribution in [2.75, 3.05) is 12.8 Å². The molecule has 116 valence electrons. The van der Waals surface area contributed by atoms with E-state index in [0.717, 1.165) is 21.5 Å². The van der Waals surface area contributed by atoms with Crippen molar-refractivity contribution in [2.45, 2.75) is 0 Å². The van der Waals surface area contributed by atoms with Gasteiger partial charge in [0.2, 0.25) is 0 Å². The molecule has 0 aliphatic heterocycles. The number of carbonyl (C=O) groups is 1. The second kappa shape index (κ2) is 6.45. The molecule has 0 radical (unpaired) electrons. The van der Waals surface area contributed by atoms with Crippen molar-refractivity contribution in [1.82, 2.24) is 10.4 Å². The minimum atomic E-state index is -0.352. The van der Waals surface area contributed by atoms with Gasteiger partial charge in [0.1, 0.15) is 15.5 Å². The van der Waals surface area contributed by atoms with Gasteiger partial charge in [-0.2, -0.15) is 5.10 Å². The smallest absolute Gasteiger partial charge is 0.283 e. The Bertz CT molecular complexity index is 871. The SMILES string of the molecule is COc1ccc(C=NNC(=O)c2sc3ncccc3c2N)cc1. The summed E-state index contributed by atoms with van der Waals surface area (Å²) >= 11 is 1.24. The van der Waals surface area contributed by atoms with Crippen LogP contribution in [-0.2, 0) is 0 Å². The van der Waals surface area contributed by atoms with Crippen LogP contribution in [0.1, 0.15) is 15.2 Å². The fraction of sp³-hybridized carbons (Fsp3) is 0.0625. The molecule has 3 aromatic rings. The standard InChI is InChI=1S/C16H14N4O2S/c1-22-11-6-4-10(5-7-11)9-19-20-15(21)14-13(17)12-3-2-8-18-16(12)23-14/h2-9H,17H2,1H3,(H,20,21). The molecule has 0 atom stereocenters. The molecule has 0 saturated heterocycles. The molecule has 0 bridgehead atoms. The van der Waals surface area contributed by atoms with E-state index in [2.05, 4.69) is 15.5 Å². The zero-order chi connectivity index (χ0) is 16.2. The van der Waals surface area contributed by atoms with Gasteiger partial charge in [0, 0.05) is 11.6 Å². The number of nitrogens with two attached hydrogens (primary N) is 1. The number of aromatic nitrogens is 1. The average molecular weight is 326 g/mol. The molecule has 1 amide bonds. The van der Waals surface area contributed by atoms with Crippen LogP contribution in [0.4, 0.5) is 5.69 Å². The van der Waals surface area contributed by atoms with Gasteiger partial charge in [0.05, 0.1) is 19.0 Å². The maximum absolute atomic E-state index is 12.2. The lowest BCUT2D eigenvalue weighted by molar-refractivity contribution is 0.0960. The van der Waals surface area contributed by atoms with E-state index in [1.54, 1.807) is 25.6 Å². The minimum Gasteiger partial charge on any atom is -0.497 e. The normalized spacial score (nSPS) is 11.0. The molecule has 3 N–H and O–H groups in total. The number of nitrogens with one attached hydrogen (secondary N) is 1. The second-order valence-electron chi connectivity index (χ2n) is 4.67. The number of nitrogen functional groups attached to an aromatic ring is 1. The lowest BCUT2D eigenvalue weighted by Gasteiger charge is -2.00. The fourth-order valence-electron chi connectivity index (χ4n) is 2.03. The third-order valence-electron chi connectivity index (χ3n) is 3.21. The summed E-state index contributed by atoms with van der Waals surface area (Å²) < 4.78 is 5.08. The number of methoxy groups -OCH3 is 1. The van der Waals surface area contributed by atoms with Crippen molar-refractivity contribution in [3.05, 3.63) is 53.0 Å². The van der Waals surface area contributed by atoms with Crippen molar-refractivity contribution in [1.29, 1.82) is 0 Å². The van der Waals surface area contributed by atoms with E-state index in [9.17, 15) is 4.79 Å². The van der Waals surface area contributed by atoms with Gasteiger partial charge in [-0.15, -0.1) is 11.3 Å². The zero-order valence-corrected chi connectivity index (χ0v) is 13.1. The number of pyridine rings is 1. The zero-order valence-electron chi connectivity index (χ0n) is 12.3. The van der Waals surface area contributed by atoms with E-state index in [1.165, 1.54) is 11.3 Å². The van der Waals surface area contributed by atoms with E-state index in [4.69, 9.17) is 10.5 Å². The molecule has 0 fully saturated rings. The number of fused-ring (bicyclic) bond motifs is 1. The first-order valence-corrected chi connectivity index (χ1v) is 7.61. The Kier molecular flexibility index (Phi) is 4.20. The number of carbonyl (C=O) groups excluding carboxylic acids is 1. The fourth-order valence-corrected chi connectivity index (χ4v) is 2.98. The quantitative estimate of drug-likeness (QED) is 0.570. The van der Waals surface area contributed by atoms with Crippen molar-refractivity contribution in [3.63, 3.8) is 0 Å². The van der Waals surface area contributed by atoms with Crippen molar-refractivity contribution in [3.8, 4) is 5.75 Å². The average Bonchev–Trinajstić information content (AvgIpc) is 2.93. The summed E-state index contributed by atoms with van der Waals surface area (Å²) in [4.78, 5) is 17.5. The van der Waals surface area contributed by atoms with E-state index in [0.29, 0.717) is 10.6 Å². The number of hydrogen-bond acceptors (Lipinski definition) is 6. The van der Waals surface area contributed by atoms with Gasteiger partial charge in [-0.1, -0.05) is 0 Å². The lowest BCUT2D eigenvalue weighted by atomic mass is 10.2. The van der Waals surface area contributed by atoms with Crippen LogP contribution in [0.3, 0.4) is 0 Å². The first-order valence-electron chi connectivity index (χ1n) is 6.79. The Morgan fingerprint density at radius 2 is 2.13 bits per heavy atom. The molecule has 0 unspecified atom stereocenters. The molecular weight excluding hydrogens is 312 g/mol. The number of hydrazone groups is 1. The molecule has 2 heterocycles. The highest BCUT2D eigenvalue weighted by atomic mass is 32.1. The first kappa shape index (κ1) is 15.0. The Balaban J connectivity index is 1.72. The van der Waals surface area contributed by atoms with Crippen LogP contribution in [0.2, 0.25) is 0 Å². The number of ether oxygens (including phenoxy) is 1. The van der Waals surface area contributed by atoms with E-state index < -0.39 is 0 Å². The molecule has 23 heavy (non-hydrogen) atoms. The predicted octanol–water partition coefficient (Wildman–Crippen LogP) is 2.65. The van der Waals surface area contributed by atoms with Gasteiger partial charge in [-0.3, -0.25) is 4.79 Å². The van der Waals surface area contributed by atoms with E-state index in [-0.39, 0.29) is 5.91 Å². The van der Waals surface area contributed by atoms with Gasteiger partial charge < -0.3 is 10.5 Å². The van der Waals surface area contributed by atoms with Crippen molar-refractivity contribution >= 4 is 39.4 Å². The summed E-state index contributed by atoms with van der Waals surface area (Å²) in [7, 11) is 1.60. The Morgan fingerprint density at radius 3 is 2.83 bits per heavy atom. The molecule has 0 aliphatic rings. The maximum atomic E-state index is 12.2.